The van der Waals surface area contributed by atoms with Crippen molar-refractivity contribution in [2.24, 2.45) is 0 Å². The molecule has 0 atom stereocenters. The van der Waals surface area contributed by atoms with Crippen molar-refractivity contribution in [3.63, 3.8) is 0 Å². The van der Waals surface area contributed by atoms with Crippen molar-refractivity contribution >= 4 is 39.1 Å². The van der Waals surface area contributed by atoms with Crippen LogP contribution in [0.3, 0.4) is 0 Å². The highest BCUT2D eigenvalue weighted by atomic mass is 32.1. The van der Waals surface area contributed by atoms with E-state index in [9.17, 15) is 9.59 Å². The summed E-state index contributed by atoms with van der Waals surface area (Å²) in [5, 5.41) is 4.31. The third-order valence-electron chi connectivity index (χ3n) is 5.83. The topological polar surface area (TPSA) is 81.4 Å². The van der Waals surface area contributed by atoms with E-state index in [1.807, 2.05) is 43.3 Å². The highest BCUT2D eigenvalue weighted by molar-refractivity contribution is 7.17. The lowest BCUT2D eigenvalue weighted by Crippen LogP contribution is -2.16. The standard InChI is InChI=1S/C26H24N2O4S.CH4.2H2/c1-3-31-26(30)23-17-9-5-7-11-22(17)33-25(23)28-24(29)18-14-20(21-13-12-15(2)32-21)27-19-10-6-4-8-16(18)19;;;/h4,6,8,10,12-14H,3,5,7,9,11H2,1-2H3,(H,28,29);1H4;2*1H. The third kappa shape index (κ3) is 4.35. The normalized spacial score (nSPS) is 12.6. The molecule has 5 rings (SSSR count). The lowest BCUT2D eigenvalue weighted by Gasteiger charge is -2.12. The number of furan rings is 1. The van der Waals surface area contributed by atoms with Gasteiger partial charge in [-0.1, -0.05) is 25.6 Å². The molecule has 1 aromatic carbocycles. The van der Waals surface area contributed by atoms with Crippen LogP contribution in [0.1, 0.15) is 67.0 Å². The number of thiophene rings is 1. The van der Waals surface area contributed by atoms with E-state index in [1.165, 1.54) is 11.3 Å². The molecule has 0 saturated carbocycles. The molecule has 6 nitrogen and oxygen atoms in total. The van der Waals surface area contributed by atoms with Crippen LogP contribution in [0.25, 0.3) is 22.4 Å². The molecule has 0 fully saturated rings. The summed E-state index contributed by atoms with van der Waals surface area (Å²) in [5.41, 5.74) is 3.29. The van der Waals surface area contributed by atoms with Crippen LogP contribution < -0.4 is 5.32 Å². The zero-order chi connectivity index (χ0) is 22.9. The van der Waals surface area contributed by atoms with Crippen molar-refractivity contribution in [3.8, 4) is 11.5 Å². The number of anilines is 1. The molecule has 3 heterocycles. The predicted molar refractivity (Wildman–Crippen MR) is 140 cm³/mol. The molecule has 1 aliphatic carbocycles. The van der Waals surface area contributed by atoms with E-state index < -0.39 is 0 Å². The molecule has 1 N–H and O–H groups in total. The van der Waals surface area contributed by atoms with Gasteiger partial charge in [-0.05, 0) is 69.4 Å². The minimum Gasteiger partial charge on any atom is -0.462 e. The van der Waals surface area contributed by atoms with Crippen molar-refractivity contribution in [1.82, 2.24) is 4.98 Å². The van der Waals surface area contributed by atoms with Gasteiger partial charge in [0.1, 0.15) is 16.5 Å². The largest absolute Gasteiger partial charge is 0.462 e. The Kier molecular flexibility index (Phi) is 6.84. The number of esters is 1. The first-order valence-electron chi connectivity index (χ1n) is 11.1. The Balaban J connectivity index is 0.00000152. The summed E-state index contributed by atoms with van der Waals surface area (Å²) in [6, 6.07) is 13.0. The lowest BCUT2D eigenvalue weighted by atomic mass is 9.95. The third-order valence-corrected chi connectivity index (χ3v) is 7.04. The second kappa shape index (κ2) is 9.81. The molecule has 0 unspecified atom stereocenters. The second-order valence-corrected chi connectivity index (χ2v) is 9.18. The maximum absolute atomic E-state index is 13.5. The van der Waals surface area contributed by atoms with Crippen LogP contribution in [0.2, 0.25) is 0 Å². The Hall–Kier alpha value is -3.45. The highest BCUT2D eigenvalue weighted by Gasteiger charge is 2.28. The number of fused-ring (bicyclic) bond motifs is 2. The number of amides is 1. The summed E-state index contributed by atoms with van der Waals surface area (Å²) >= 11 is 1.48. The molecule has 34 heavy (non-hydrogen) atoms. The number of carbonyl (C=O) groups is 2. The maximum Gasteiger partial charge on any atom is 0.341 e. The molecule has 7 heteroatoms. The fourth-order valence-corrected chi connectivity index (χ4v) is 5.58. The fourth-order valence-electron chi connectivity index (χ4n) is 4.31. The number of rotatable bonds is 5. The van der Waals surface area contributed by atoms with Gasteiger partial charge in [0.25, 0.3) is 5.91 Å². The number of hydrogen-bond acceptors (Lipinski definition) is 6. The van der Waals surface area contributed by atoms with Gasteiger partial charge in [-0.25, -0.2) is 9.78 Å². The van der Waals surface area contributed by atoms with E-state index >= 15 is 0 Å². The van der Waals surface area contributed by atoms with E-state index in [0.717, 1.165) is 47.3 Å². The van der Waals surface area contributed by atoms with Gasteiger partial charge in [-0.2, -0.15) is 0 Å². The molecule has 3 aromatic heterocycles. The van der Waals surface area contributed by atoms with Crippen molar-refractivity contribution in [1.29, 1.82) is 0 Å². The number of aryl methyl sites for hydroxylation is 2. The average molecular weight is 481 g/mol. The maximum atomic E-state index is 13.5. The Morgan fingerprint density at radius 3 is 2.74 bits per heavy atom. The molecule has 1 aliphatic rings. The zero-order valence-electron chi connectivity index (χ0n) is 18.6. The molecule has 4 aromatic rings. The summed E-state index contributed by atoms with van der Waals surface area (Å²) < 4.78 is 11.1. The minimum absolute atomic E-state index is 0. The van der Waals surface area contributed by atoms with E-state index in [0.29, 0.717) is 33.1 Å². The Labute approximate surface area is 205 Å². The molecular formula is C27H32N2O4S. The van der Waals surface area contributed by atoms with E-state index in [-0.39, 0.29) is 28.8 Å². The number of pyridine rings is 1. The zero-order valence-corrected chi connectivity index (χ0v) is 19.4. The number of carbonyl (C=O) groups excluding carboxylic acids is 2. The van der Waals surface area contributed by atoms with Gasteiger partial charge in [0.2, 0.25) is 0 Å². The fraction of sp³-hybridized carbons (Fsp3) is 0.296. The molecule has 1 amide bonds. The summed E-state index contributed by atoms with van der Waals surface area (Å²) in [6.45, 7) is 3.95. The SMILES string of the molecule is C.CCOC(=O)c1c(NC(=O)c2cc(-c3ccc(C)o3)nc3ccccc23)sc2c1CCCC2.[HH].[HH]. The molecule has 0 saturated heterocycles. The van der Waals surface area contributed by atoms with Crippen molar-refractivity contribution in [3.05, 3.63) is 69.8 Å². The van der Waals surface area contributed by atoms with Gasteiger partial charge in [0.05, 0.1) is 23.3 Å². The summed E-state index contributed by atoms with van der Waals surface area (Å²) in [5.74, 6) is 0.709. The van der Waals surface area contributed by atoms with E-state index in [4.69, 9.17) is 9.15 Å². The van der Waals surface area contributed by atoms with Crippen molar-refractivity contribution in [2.45, 2.75) is 47.0 Å². The summed E-state index contributed by atoms with van der Waals surface area (Å²) in [4.78, 5) is 32.2. The van der Waals surface area contributed by atoms with Crippen molar-refractivity contribution in [2.75, 3.05) is 11.9 Å². The van der Waals surface area contributed by atoms with Crippen LogP contribution in [0.4, 0.5) is 5.00 Å². The lowest BCUT2D eigenvalue weighted by molar-refractivity contribution is 0.0526. The molecule has 0 bridgehead atoms. The number of hydrogen-bond donors (Lipinski definition) is 1. The van der Waals surface area contributed by atoms with Crippen LogP contribution in [0.15, 0.2) is 46.9 Å². The van der Waals surface area contributed by atoms with Gasteiger partial charge >= 0.3 is 5.97 Å². The van der Waals surface area contributed by atoms with Gasteiger partial charge in [0, 0.05) is 13.1 Å². The van der Waals surface area contributed by atoms with Crippen LogP contribution in [-0.4, -0.2) is 23.5 Å². The van der Waals surface area contributed by atoms with Crippen LogP contribution in [0.5, 0.6) is 0 Å². The van der Waals surface area contributed by atoms with E-state index in [1.54, 1.807) is 13.0 Å². The number of nitrogens with zero attached hydrogens (tertiary/aromatic N) is 1. The minimum atomic E-state index is -0.376. The first-order chi connectivity index (χ1) is 16.0. The average Bonchev–Trinajstić information content (AvgIpc) is 3.41. The number of nitrogens with one attached hydrogen (secondary N) is 1. The van der Waals surface area contributed by atoms with Gasteiger partial charge < -0.3 is 14.5 Å². The molecule has 0 spiro atoms. The van der Waals surface area contributed by atoms with Crippen LogP contribution in [0, 0.1) is 6.92 Å². The summed E-state index contributed by atoms with van der Waals surface area (Å²) in [6.07, 6.45) is 3.87. The quantitative estimate of drug-likeness (QED) is 0.303. The Bertz CT molecular complexity index is 1380. The molecule has 180 valence electrons. The van der Waals surface area contributed by atoms with Gasteiger partial charge in [0.15, 0.2) is 5.76 Å². The Morgan fingerprint density at radius 1 is 1.18 bits per heavy atom. The van der Waals surface area contributed by atoms with Crippen molar-refractivity contribution < 1.29 is 21.6 Å². The van der Waals surface area contributed by atoms with Crippen LogP contribution >= 0.6 is 11.3 Å². The number of benzene rings is 1. The van der Waals surface area contributed by atoms with Gasteiger partial charge in [-0.3, -0.25) is 4.79 Å². The van der Waals surface area contributed by atoms with Crippen LogP contribution in [-0.2, 0) is 17.6 Å². The number of aromatic nitrogens is 1. The van der Waals surface area contributed by atoms with Gasteiger partial charge in [-0.15, -0.1) is 11.3 Å². The second-order valence-electron chi connectivity index (χ2n) is 8.07. The number of para-hydroxylation sites is 1. The Morgan fingerprint density at radius 2 is 1.97 bits per heavy atom. The highest BCUT2D eigenvalue weighted by Crippen LogP contribution is 2.39. The predicted octanol–water partition coefficient (Wildman–Crippen LogP) is 7.30. The monoisotopic (exact) mass is 480 g/mol. The first kappa shape index (κ1) is 23.7. The molecule has 0 radical (unpaired) electrons. The number of ether oxygens (including phenoxy) is 1. The first-order valence-corrected chi connectivity index (χ1v) is 12.0. The molecular weight excluding hydrogens is 448 g/mol. The van der Waals surface area contributed by atoms with E-state index in [2.05, 4.69) is 10.3 Å². The smallest absolute Gasteiger partial charge is 0.341 e. The summed E-state index contributed by atoms with van der Waals surface area (Å²) in [7, 11) is 0. The molecule has 0 aliphatic heterocycles.